The van der Waals surface area contributed by atoms with Gasteiger partial charge in [-0.05, 0) is 115 Å². The van der Waals surface area contributed by atoms with E-state index in [1.807, 2.05) is 24.8 Å². The fourth-order valence-electron chi connectivity index (χ4n) is 12.3. The van der Waals surface area contributed by atoms with Crippen LogP contribution in [0.1, 0.15) is 104 Å². The second kappa shape index (κ2) is 21.5. The van der Waals surface area contributed by atoms with Gasteiger partial charge < -0.3 is 20.3 Å². The van der Waals surface area contributed by atoms with Gasteiger partial charge in [-0.3, -0.25) is 35.1 Å². The fourth-order valence-corrected chi connectivity index (χ4v) is 14.4. The van der Waals surface area contributed by atoms with Gasteiger partial charge >= 0.3 is 0 Å². The van der Waals surface area contributed by atoms with E-state index < -0.39 is 0 Å². The van der Waals surface area contributed by atoms with Crippen molar-refractivity contribution in [2.75, 3.05) is 57.8 Å². The zero-order valence-corrected chi connectivity index (χ0v) is 42.6. The van der Waals surface area contributed by atoms with Gasteiger partial charge in [-0.25, -0.2) is 15.4 Å². The Morgan fingerprint density at radius 2 is 1.69 bits per heavy atom. The molecule has 5 N–H and O–H groups in total. The van der Waals surface area contributed by atoms with E-state index in [9.17, 15) is 14.9 Å². The van der Waals surface area contributed by atoms with E-state index in [-0.39, 0.29) is 59.5 Å². The fraction of sp³-hybridized carbons (Fsp3) is 0.686. The summed E-state index contributed by atoms with van der Waals surface area (Å²) in [5, 5.41) is 21.7. The minimum absolute atomic E-state index is 0.0253. The molecule has 68 heavy (non-hydrogen) atoms. The number of ether oxygens (including phenoxy) is 1. The minimum atomic E-state index is -0.192. The van der Waals surface area contributed by atoms with E-state index in [0.29, 0.717) is 58.7 Å². The highest BCUT2D eigenvalue weighted by molar-refractivity contribution is 8.00. The van der Waals surface area contributed by atoms with Gasteiger partial charge in [0, 0.05) is 98.6 Å². The molecule has 1 aliphatic carbocycles. The number of amides is 2. The van der Waals surface area contributed by atoms with Crippen LogP contribution in [0.15, 0.2) is 47.5 Å². The molecule has 9 rings (SSSR count). The molecule has 15 nitrogen and oxygen atoms in total. The van der Waals surface area contributed by atoms with Crippen LogP contribution >= 0.6 is 23.4 Å². The summed E-state index contributed by atoms with van der Waals surface area (Å²) in [6.45, 7) is 17.7. The number of aliphatic imine (C=N–C) groups is 1. The first-order chi connectivity index (χ1) is 32.8. The molecule has 9 atom stereocenters. The maximum atomic E-state index is 13.9. The Morgan fingerprint density at radius 1 is 0.985 bits per heavy atom. The summed E-state index contributed by atoms with van der Waals surface area (Å²) >= 11 is 8.25. The van der Waals surface area contributed by atoms with Crippen LogP contribution in [0.4, 0.5) is 5.69 Å². The number of rotatable bonds is 14. The number of fused-ring (bicyclic) bond motifs is 2. The topological polar surface area (TPSA) is 161 Å². The Kier molecular flexibility index (Phi) is 15.6. The number of nitriles is 1. The van der Waals surface area contributed by atoms with Gasteiger partial charge in [0.2, 0.25) is 11.8 Å². The number of likely N-dealkylation sites (N-methyl/N-ethyl adjacent to an activating group) is 1. The van der Waals surface area contributed by atoms with Gasteiger partial charge in [0.15, 0.2) is 0 Å². The molecular weight excluding hydrogens is 896 g/mol. The molecule has 6 heterocycles. The molecule has 0 aromatic heterocycles. The number of likely N-dealkylation sites (tertiary alicyclic amines) is 1. The smallest absolute Gasteiger partial charge is 0.238 e. The molecule has 0 radical (unpaired) electrons. The number of nitrogens with one attached hydrogen (secondary N) is 3. The van der Waals surface area contributed by atoms with Crippen LogP contribution in [0.25, 0.3) is 0 Å². The molecule has 6 aliphatic heterocycles. The molecule has 0 spiro atoms. The summed E-state index contributed by atoms with van der Waals surface area (Å²) in [5.41, 5.74) is 6.98. The number of anilines is 1. The van der Waals surface area contributed by atoms with Crippen LogP contribution in [0, 0.1) is 23.2 Å². The van der Waals surface area contributed by atoms with Crippen molar-refractivity contribution in [1.82, 2.24) is 40.8 Å². The number of nitrogens with two attached hydrogens (primary N) is 1. The van der Waals surface area contributed by atoms with Crippen molar-refractivity contribution < 1.29 is 14.3 Å². The van der Waals surface area contributed by atoms with Crippen molar-refractivity contribution in [2.24, 2.45) is 22.7 Å². The van der Waals surface area contributed by atoms with E-state index in [1.165, 1.54) is 12.1 Å². The summed E-state index contributed by atoms with van der Waals surface area (Å²) in [4.78, 5) is 42.7. The zero-order valence-electron chi connectivity index (χ0n) is 41.0. The summed E-state index contributed by atoms with van der Waals surface area (Å²) in [6.07, 6.45) is 8.39. The Morgan fingerprint density at radius 3 is 2.37 bits per heavy atom. The molecule has 6 fully saturated rings. The number of halogens is 1. The number of hydrogen-bond donors (Lipinski definition) is 4. The number of hydrazine groups is 2. The SMILES string of the molecule is CCNC(=O)C[C@@H]1N=C(c2ccc(N3CC(N(C)C4CN(C5CCC(C(=O)NC6CCC(Oc7ccc(C#N)c(Cl)c7)CC6)N6CCCCN56)C4)C3)cc2)C2C(C)C(C)SC2N(C(C)NN)C1C. The lowest BCUT2D eigenvalue weighted by molar-refractivity contribution is -0.203. The molecule has 0 bridgehead atoms. The van der Waals surface area contributed by atoms with E-state index in [4.69, 9.17) is 27.2 Å². The maximum absolute atomic E-state index is 13.9. The molecule has 1 saturated carbocycles. The van der Waals surface area contributed by atoms with Crippen LogP contribution in [0.3, 0.4) is 0 Å². The predicted octanol–water partition coefficient (Wildman–Crippen LogP) is 5.23. The van der Waals surface area contributed by atoms with Crippen molar-refractivity contribution in [3.63, 3.8) is 0 Å². The van der Waals surface area contributed by atoms with Crippen LogP contribution < -0.4 is 31.5 Å². The van der Waals surface area contributed by atoms with Crippen molar-refractivity contribution >= 4 is 46.6 Å². The van der Waals surface area contributed by atoms with Crippen molar-refractivity contribution in [2.45, 2.75) is 158 Å². The molecule has 2 aromatic rings. The lowest BCUT2D eigenvalue weighted by Gasteiger charge is -2.59. The number of nitrogens with zero attached hydrogens (tertiary/aromatic N) is 8. The van der Waals surface area contributed by atoms with Crippen molar-refractivity contribution in [3.8, 4) is 11.8 Å². The summed E-state index contributed by atoms with van der Waals surface area (Å²) in [6, 6.07) is 17.3. The lowest BCUT2D eigenvalue weighted by Crippen LogP contribution is -2.73. The average molecular weight is 972 g/mol. The molecule has 17 heteroatoms. The van der Waals surface area contributed by atoms with Crippen LogP contribution in [0.5, 0.6) is 5.75 Å². The van der Waals surface area contributed by atoms with Gasteiger partial charge in [0.1, 0.15) is 17.9 Å². The zero-order chi connectivity index (χ0) is 47.8. The Balaban J connectivity index is 0.762. The second-order valence-corrected chi connectivity index (χ2v) is 22.6. The molecular formula is C51H75ClN12O3S. The highest BCUT2D eigenvalue weighted by Crippen LogP contribution is 2.49. The quantitative estimate of drug-likeness (QED) is 0.144. The van der Waals surface area contributed by atoms with Gasteiger partial charge in [-0.2, -0.15) is 5.26 Å². The lowest BCUT2D eigenvalue weighted by atomic mass is 9.84. The Labute approximate surface area is 413 Å². The number of carbonyl (C=O) groups excluding carboxylic acids is 2. The van der Waals surface area contributed by atoms with E-state index in [0.717, 1.165) is 95.5 Å². The van der Waals surface area contributed by atoms with Crippen LogP contribution in [0.2, 0.25) is 5.02 Å². The largest absolute Gasteiger partial charge is 0.490 e. The number of thioether (sulfide) groups is 1. The Bertz CT molecular complexity index is 2160. The monoisotopic (exact) mass is 971 g/mol. The van der Waals surface area contributed by atoms with E-state index >= 15 is 0 Å². The molecule has 2 aromatic carbocycles. The normalized spacial score (nSPS) is 32.5. The van der Waals surface area contributed by atoms with Gasteiger partial charge in [0.25, 0.3) is 0 Å². The van der Waals surface area contributed by atoms with Crippen molar-refractivity contribution in [3.05, 3.63) is 58.6 Å². The van der Waals surface area contributed by atoms with E-state index in [2.05, 4.69) is 111 Å². The molecule has 2 amide bonds. The third kappa shape index (κ3) is 10.2. The number of hydrogen-bond acceptors (Lipinski definition) is 14. The standard InChI is InChI=1S/C51H75ClN12O3S/c1-7-55-46(65)25-44-32(3)64(34(5)58-54)51-48(31(2)33(4)68-51)49(57-44)35-10-15-38(16-11-35)60-27-39(28-60)59(6)40-29-61(30-40)47-21-20-45(62-22-8-9-23-63(47)62)50(66)56-37-13-18-41(19-14-37)67-42-17-12-36(26-53)43(52)24-42/h10-12,15-17,24,31-34,37,39-41,44-45,47-48,51,58H,7-9,13-14,18-23,25,27-30,54H2,1-6H3,(H,55,65)(H,56,66)/t31?,32?,33?,34?,37?,41?,44-,45?,47?,48?,51?/m0/s1. The third-order valence-corrected chi connectivity index (χ3v) is 18.7. The number of benzene rings is 2. The summed E-state index contributed by atoms with van der Waals surface area (Å²) in [5.74, 6) is 7.61. The van der Waals surface area contributed by atoms with Crippen LogP contribution in [-0.2, 0) is 9.59 Å². The average Bonchev–Trinajstić information content (AvgIpc) is 3.52. The number of carbonyl (C=O) groups is 2. The van der Waals surface area contributed by atoms with Crippen LogP contribution in [-0.4, -0.2) is 160 Å². The Hall–Kier alpha value is -3.50. The first-order valence-corrected chi connectivity index (χ1v) is 26.9. The second-order valence-electron chi connectivity index (χ2n) is 20.7. The maximum Gasteiger partial charge on any atom is 0.238 e. The first kappa shape index (κ1) is 49.5. The molecule has 8 unspecified atom stereocenters. The van der Waals surface area contributed by atoms with Crippen molar-refractivity contribution in [1.29, 1.82) is 5.26 Å². The van der Waals surface area contributed by atoms with Gasteiger partial charge in [0.05, 0.1) is 46.9 Å². The van der Waals surface area contributed by atoms with Gasteiger partial charge in [-0.15, -0.1) is 11.8 Å². The highest BCUT2D eigenvalue weighted by Gasteiger charge is 2.51. The van der Waals surface area contributed by atoms with Gasteiger partial charge in [-0.1, -0.05) is 37.6 Å². The minimum Gasteiger partial charge on any atom is -0.490 e. The van der Waals surface area contributed by atoms with E-state index in [1.54, 1.807) is 12.1 Å². The molecule has 7 aliphatic rings. The summed E-state index contributed by atoms with van der Waals surface area (Å²) in [7, 11) is 2.31. The summed E-state index contributed by atoms with van der Waals surface area (Å²) < 4.78 is 6.21. The third-order valence-electron chi connectivity index (χ3n) is 16.7. The first-order valence-electron chi connectivity index (χ1n) is 25.6. The predicted molar refractivity (Wildman–Crippen MR) is 271 cm³/mol. The highest BCUT2D eigenvalue weighted by atomic mass is 35.5. The molecule has 5 saturated heterocycles. The molecule has 370 valence electrons.